The van der Waals surface area contributed by atoms with Crippen LogP contribution in [0.5, 0.6) is 0 Å². The smallest absolute Gasteiger partial charge is 0.338 e. The molecule has 0 atom stereocenters. The second-order valence-electron chi connectivity index (χ2n) is 6.07. The number of ether oxygens (including phenoxy) is 1. The van der Waals surface area contributed by atoms with Crippen LogP contribution in [0.1, 0.15) is 33.5 Å². The lowest BCUT2D eigenvalue weighted by molar-refractivity contribution is -0.134. The van der Waals surface area contributed by atoms with E-state index in [1.54, 1.807) is 6.07 Å². The van der Waals surface area contributed by atoms with Crippen molar-refractivity contribution in [2.24, 2.45) is 5.10 Å². The number of aryl methyl sites for hydroxylation is 2. The minimum atomic E-state index is -0.485. The third kappa shape index (κ3) is 3.94. The maximum atomic E-state index is 12.3. The van der Waals surface area contributed by atoms with Crippen LogP contribution >= 0.6 is 0 Å². The zero-order valence-corrected chi connectivity index (χ0v) is 14.4. The van der Waals surface area contributed by atoms with E-state index in [0.29, 0.717) is 18.5 Å². The summed E-state index contributed by atoms with van der Waals surface area (Å²) in [5.41, 5.74) is 4.16. The Kier molecular flexibility index (Phi) is 4.93. The molecule has 1 aliphatic rings. The van der Waals surface area contributed by atoms with Crippen molar-refractivity contribution in [1.82, 2.24) is 5.01 Å². The van der Waals surface area contributed by atoms with Crippen molar-refractivity contribution in [2.45, 2.75) is 20.3 Å². The highest BCUT2D eigenvalue weighted by Crippen LogP contribution is 2.15. The van der Waals surface area contributed by atoms with Crippen molar-refractivity contribution in [3.05, 3.63) is 70.8 Å². The first-order valence-corrected chi connectivity index (χ1v) is 8.22. The molecule has 0 aromatic heterocycles. The van der Waals surface area contributed by atoms with Crippen LogP contribution in [0.2, 0.25) is 0 Å². The van der Waals surface area contributed by atoms with Crippen LogP contribution in [0.3, 0.4) is 0 Å². The Morgan fingerprint density at radius 1 is 1.12 bits per heavy atom. The molecule has 5 heteroatoms. The van der Waals surface area contributed by atoms with Gasteiger partial charge in [-0.1, -0.05) is 48.0 Å². The van der Waals surface area contributed by atoms with Gasteiger partial charge in [-0.3, -0.25) is 4.79 Å². The van der Waals surface area contributed by atoms with Crippen molar-refractivity contribution < 1.29 is 14.3 Å². The third-order valence-corrected chi connectivity index (χ3v) is 4.14. The number of hydrogen-bond acceptors (Lipinski definition) is 4. The Morgan fingerprint density at radius 2 is 1.88 bits per heavy atom. The maximum absolute atomic E-state index is 12.3. The SMILES string of the molecule is Cc1ccc(C)c(C(=O)OCC(=O)N2CCC(c3ccccc3)=N2)c1. The summed E-state index contributed by atoms with van der Waals surface area (Å²) in [4.78, 5) is 24.4. The molecule has 2 aromatic carbocycles. The van der Waals surface area contributed by atoms with Gasteiger partial charge in [0.25, 0.3) is 5.91 Å². The second kappa shape index (κ2) is 7.30. The van der Waals surface area contributed by atoms with Gasteiger partial charge in [-0.25, -0.2) is 9.80 Å². The number of hydrogen-bond donors (Lipinski definition) is 0. The average molecular weight is 336 g/mol. The predicted molar refractivity (Wildman–Crippen MR) is 95.5 cm³/mol. The molecule has 0 N–H and O–H groups in total. The fourth-order valence-electron chi connectivity index (χ4n) is 2.71. The lowest BCUT2D eigenvalue weighted by Crippen LogP contribution is -2.29. The first-order valence-electron chi connectivity index (χ1n) is 8.22. The van der Waals surface area contributed by atoms with E-state index in [-0.39, 0.29) is 12.5 Å². The molecule has 1 heterocycles. The second-order valence-corrected chi connectivity index (χ2v) is 6.07. The van der Waals surface area contributed by atoms with E-state index in [2.05, 4.69) is 5.10 Å². The Labute approximate surface area is 146 Å². The average Bonchev–Trinajstić information content (AvgIpc) is 3.12. The standard InChI is InChI=1S/C20H20N2O3/c1-14-8-9-15(2)17(12-14)20(24)25-13-19(23)22-11-10-18(21-22)16-6-4-3-5-7-16/h3-9,12H,10-11,13H2,1-2H3. The van der Waals surface area contributed by atoms with E-state index < -0.39 is 5.97 Å². The van der Waals surface area contributed by atoms with Crippen LogP contribution in [-0.2, 0) is 9.53 Å². The number of carbonyl (C=O) groups is 2. The molecule has 0 bridgehead atoms. The quantitative estimate of drug-likeness (QED) is 0.806. The minimum absolute atomic E-state index is 0.308. The molecule has 1 aliphatic heterocycles. The van der Waals surface area contributed by atoms with Gasteiger partial charge < -0.3 is 4.74 Å². The molecule has 0 saturated heterocycles. The van der Waals surface area contributed by atoms with Crippen LogP contribution in [0, 0.1) is 13.8 Å². The summed E-state index contributed by atoms with van der Waals surface area (Å²) in [5, 5.41) is 5.72. The fourth-order valence-corrected chi connectivity index (χ4v) is 2.71. The summed E-state index contributed by atoms with van der Waals surface area (Å²) < 4.78 is 5.18. The van der Waals surface area contributed by atoms with Crippen molar-refractivity contribution in [3.8, 4) is 0 Å². The largest absolute Gasteiger partial charge is 0.452 e. The van der Waals surface area contributed by atoms with Gasteiger partial charge in [0.1, 0.15) is 0 Å². The minimum Gasteiger partial charge on any atom is -0.452 e. The van der Waals surface area contributed by atoms with Gasteiger partial charge in [0.05, 0.1) is 17.8 Å². The highest BCUT2D eigenvalue weighted by molar-refractivity contribution is 6.02. The van der Waals surface area contributed by atoms with Crippen molar-refractivity contribution in [2.75, 3.05) is 13.2 Å². The number of amides is 1. The zero-order chi connectivity index (χ0) is 17.8. The highest BCUT2D eigenvalue weighted by Gasteiger charge is 2.23. The Balaban J connectivity index is 1.61. The number of esters is 1. The fraction of sp³-hybridized carbons (Fsp3) is 0.250. The number of benzene rings is 2. The molecule has 0 unspecified atom stereocenters. The third-order valence-electron chi connectivity index (χ3n) is 4.14. The van der Waals surface area contributed by atoms with E-state index in [1.807, 2.05) is 56.3 Å². The monoisotopic (exact) mass is 336 g/mol. The number of hydrazone groups is 1. The first-order chi connectivity index (χ1) is 12.0. The molecule has 0 saturated carbocycles. The van der Waals surface area contributed by atoms with Gasteiger partial charge >= 0.3 is 5.97 Å². The summed E-state index contributed by atoms with van der Waals surface area (Å²) >= 11 is 0. The van der Waals surface area contributed by atoms with Crippen LogP contribution < -0.4 is 0 Å². The Bertz CT molecular complexity index is 828. The normalized spacial score (nSPS) is 13.5. The molecule has 25 heavy (non-hydrogen) atoms. The predicted octanol–water partition coefficient (Wildman–Crippen LogP) is 3.10. The van der Waals surface area contributed by atoms with Gasteiger partial charge in [0.2, 0.25) is 0 Å². The molecule has 0 fully saturated rings. The summed E-state index contributed by atoms with van der Waals surface area (Å²) in [7, 11) is 0. The zero-order valence-electron chi connectivity index (χ0n) is 14.4. The van der Waals surface area contributed by atoms with Crippen molar-refractivity contribution in [1.29, 1.82) is 0 Å². The molecule has 1 amide bonds. The van der Waals surface area contributed by atoms with E-state index >= 15 is 0 Å². The highest BCUT2D eigenvalue weighted by atomic mass is 16.5. The number of nitrogens with zero attached hydrogens (tertiary/aromatic N) is 2. The van der Waals surface area contributed by atoms with E-state index in [9.17, 15) is 9.59 Å². The Hall–Kier alpha value is -2.95. The molecule has 5 nitrogen and oxygen atoms in total. The molecular weight excluding hydrogens is 316 g/mol. The molecule has 0 spiro atoms. The number of rotatable bonds is 4. The van der Waals surface area contributed by atoms with Crippen molar-refractivity contribution in [3.63, 3.8) is 0 Å². The van der Waals surface area contributed by atoms with Crippen molar-refractivity contribution >= 4 is 17.6 Å². The lowest BCUT2D eigenvalue weighted by atomic mass is 10.1. The van der Waals surface area contributed by atoms with E-state index in [0.717, 1.165) is 22.4 Å². The summed E-state index contributed by atoms with van der Waals surface area (Å²) in [6.07, 6.45) is 0.695. The molecule has 0 radical (unpaired) electrons. The molecule has 0 aliphatic carbocycles. The molecule has 3 rings (SSSR count). The van der Waals surface area contributed by atoms with Crippen LogP contribution in [-0.4, -0.2) is 35.7 Å². The van der Waals surface area contributed by atoms with Gasteiger partial charge in [0.15, 0.2) is 6.61 Å². The maximum Gasteiger partial charge on any atom is 0.338 e. The molecule has 2 aromatic rings. The van der Waals surface area contributed by atoms with Gasteiger partial charge in [-0.2, -0.15) is 5.10 Å². The van der Waals surface area contributed by atoms with E-state index in [1.165, 1.54) is 5.01 Å². The number of carbonyl (C=O) groups excluding carboxylic acids is 2. The topological polar surface area (TPSA) is 59.0 Å². The molecular formula is C20H20N2O3. The van der Waals surface area contributed by atoms with Crippen LogP contribution in [0.4, 0.5) is 0 Å². The Morgan fingerprint density at radius 3 is 2.64 bits per heavy atom. The van der Waals surface area contributed by atoms with Gasteiger partial charge in [-0.15, -0.1) is 0 Å². The summed E-state index contributed by atoms with van der Waals surface area (Å²) in [6.45, 7) is 3.95. The first kappa shape index (κ1) is 16.9. The van der Waals surface area contributed by atoms with E-state index in [4.69, 9.17) is 4.74 Å². The van der Waals surface area contributed by atoms with Crippen LogP contribution in [0.15, 0.2) is 53.6 Å². The lowest BCUT2D eigenvalue weighted by Gasteiger charge is -2.12. The van der Waals surface area contributed by atoms with Gasteiger partial charge in [0, 0.05) is 6.42 Å². The molecule has 128 valence electrons. The summed E-state index contributed by atoms with van der Waals surface area (Å²) in [5.74, 6) is -0.800. The van der Waals surface area contributed by atoms with Gasteiger partial charge in [-0.05, 0) is 31.0 Å². The van der Waals surface area contributed by atoms with Crippen LogP contribution in [0.25, 0.3) is 0 Å². The summed E-state index contributed by atoms with van der Waals surface area (Å²) in [6, 6.07) is 15.3.